The van der Waals surface area contributed by atoms with Gasteiger partial charge in [0.05, 0.1) is 12.8 Å². The van der Waals surface area contributed by atoms with Gasteiger partial charge in [0.25, 0.3) is 0 Å². The molecule has 24 heteroatoms. The monoisotopic (exact) mass is 2010 g/mol. The maximum Gasteiger partial charge on any atom is 1.00 e. The van der Waals surface area contributed by atoms with Crippen molar-refractivity contribution in [2.24, 2.45) is 0 Å². The maximum absolute atomic E-state index is 13.4. The molecule has 3 aliphatic heterocycles. The molecule has 12 aromatic rings. The van der Waals surface area contributed by atoms with Gasteiger partial charge in [0.15, 0.2) is 40.6 Å². The number of halogens is 4. The number of nitrogens with one attached hydrogen (secondary N) is 4. The summed E-state index contributed by atoms with van der Waals surface area (Å²) in [6.07, 6.45) is 26.6. The van der Waals surface area contributed by atoms with Gasteiger partial charge < -0.3 is 37.8 Å². The van der Waals surface area contributed by atoms with Gasteiger partial charge in [0, 0.05) is 123 Å². The SMILES string of the molecule is C=CC(C)=O.C=S(C)C.CB(O)NC1CCNC1.O=C(Cc1ccc(F)c(F)c1)NC1CCN(C2CCC(c3ccccc3)(c3ccccc3)CC2)C1.O=C(O)Cc1ccc(F)c(F)c1.O=C(c1ccccc1)c1ccccc1.O=C1C=CC(c2ccccc2)(c2ccccc2)CC1.O=C1CCC(c2ccccc2)(c2ccccc2)CC1.PNC1CCN(C2CCC(c3ccccc3)(c3ccccc3)CC2)C1.[B].[C-]#N.[Na+]. The number of Topliss-reactive ketones (excluding diaryl/α,β-unsaturated/α-hetero) is 1. The molecule has 4 atom stereocenters. The minimum absolute atomic E-state index is 0. The Morgan fingerprint density at radius 3 is 1.10 bits per heavy atom. The van der Waals surface area contributed by atoms with Gasteiger partial charge >= 0.3 is 42.6 Å². The van der Waals surface area contributed by atoms with Crippen LogP contribution in [0.25, 0.3) is 0 Å². The fourth-order valence-electron chi connectivity index (χ4n) is 20.4. The van der Waals surface area contributed by atoms with Gasteiger partial charge in [-0.3, -0.25) is 43.7 Å². The van der Waals surface area contributed by atoms with E-state index in [1.54, 1.807) is 12.9 Å². The standard InChI is InChI=1S/C30H32F2N2O.C22H29N2P.C18H18O.C18H16O.C13H10O.C8H6F2O2.C5H13BN2O.C4H6O.C3H8S.CN.B.Na/c31-27-12-11-22(19-28(27)32)20-29(35)33-25-15-18-34(21-25)26-13-16-30(17-14-26,23-7-3-1-4-8-23)24-9-5-2-6-10-24;25-23-20-13-16-24(17-20)21-11-14-22(15-12-21,18-7-3-1-4-8-18)19-9-5-2-6-10-19;2*19-17-11-13-18(14-12-17,15-7-3-1-4-8-15)16-9-5-2-6-10-16;14-13(11-7-3-1-4-8-11)12-9-5-2-6-10-12;9-6-2-1-5(3-7(6)10)4-8(11)12;1-6(9)8-5-2-3-7-4-5;1-3-4(2)5;1-4(2)3;1-2;;/h1-12,19,25-26H,13-18,20-21H2,(H,33,35);1-10,20-21,23H,11-17,25H2;1-10H,11-14H2;1-11,13H,12,14H2;1-10H;1-3H,4H2,(H,11,12);5,7-9H,2-4H2,1H3;3H,1H2,2H3;1H2,2-3H3;;;/q;;;;;;;;;-1;;+1. The molecule has 0 aromatic heterocycles. The molecule has 0 bridgehead atoms. The number of carboxylic acids is 1. The van der Waals surface area contributed by atoms with Gasteiger partial charge in [-0.05, 0) is 215 Å². The molecule has 15 nitrogen and oxygen atoms in total. The number of carboxylic acid groups (broad SMARTS) is 1. The van der Waals surface area contributed by atoms with Crippen molar-refractivity contribution in [3.63, 3.8) is 0 Å². The summed E-state index contributed by atoms with van der Waals surface area (Å²) in [5.74, 6) is -0.614. The molecule has 6 fully saturated rings. The van der Waals surface area contributed by atoms with Gasteiger partial charge in [-0.15, -0.1) is 0 Å². The van der Waals surface area contributed by atoms with Crippen LogP contribution in [-0.4, -0.2) is 158 Å². The zero-order chi connectivity index (χ0) is 103. The summed E-state index contributed by atoms with van der Waals surface area (Å²) >= 11 is 0. The van der Waals surface area contributed by atoms with Gasteiger partial charge in [-0.2, -0.15) is 10.5 Å². The molecule has 755 valence electrons. The van der Waals surface area contributed by atoms with E-state index in [1.165, 1.54) is 115 Å². The van der Waals surface area contributed by atoms with Crippen LogP contribution < -0.4 is 50.5 Å². The van der Waals surface area contributed by atoms with Gasteiger partial charge in [0.1, 0.15) is 5.78 Å². The normalized spacial score (nSPS) is 17.6. The summed E-state index contributed by atoms with van der Waals surface area (Å²) in [6.45, 7) is 17.5. The third kappa shape index (κ3) is 36.2. The Balaban J connectivity index is 0.000000211. The average Bonchev–Trinajstić information content (AvgIpc) is 0.866. The number of aliphatic carboxylic acids is 1. The Labute approximate surface area is 892 Å². The number of amides is 1. The Kier molecular flexibility index (Phi) is 51.3. The number of hydrogen-bond acceptors (Lipinski definition) is 13. The molecule has 3 radical (unpaired) electrons. The Hall–Kier alpha value is -11.5. The Morgan fingerprint density at radius 2 is 0.801 bits per heavy atom. The molecule has 1 amide bonds. The average molecular weight is 2010 g/mol. The quantitative estimate of drug-likeness (QED) is 0.00750. The van der Waals surface area contributed by atoms with Crippen molar-refractivity contribution in [1.29, 1.82) is 5.26 Å². The molecule has 3 saturated carbocycles. The number of carbonyl (C=O) groups is 6. The number of nitrogens with zero attached hydrogens (tertiary/aromatic N) is 3. The van der Waals surface area contributed by atoms with E-state index in [1.807, 2.05) is 72.8 Å². The first-order chi connectivity index (χ1) is 69.7. The molecular weight excluding hydrogens is 1880 g/mol. The summed E-state index contributed by atoms with van der Waals surface area (Å²) in [5.41, 5.74) is 13.3. The first kappa shape index (κ1) is 120. The van der Waals surface area contributed by atoms with Crippen LogP contribution in [0.3, 0.4) is 0 Å². The molecular formula is C122H138B2F4N7NaO8PS. The topological polar surface area (TPSA) is 221 Å². The van der Waals surface area contributed by atoms with Crippen LogP contribution in [-0.2, 0) is 58.5 Å². The van der Waals surface area contributed by atoms with Crippen LogP contribution in [0.4, 0.5) is 17.6 Å². The second kappa shape index (κ2) is 62.6. The second-order valence-corrected chi connectivity index (χ2v) is 40.1. The van der Waals surface area contributed by atoms with E-state index in [0.29, 0.717) is 59.2 Å². The molecule has 3 heterocycles. The molecule has 19 rings (SSSR count). The van der Waals surface area contributed by atoms with Crippen LogP contribution in [0, 0.1) is 35.1 Å². The Bertz CT molecular complexity index is 5790. The number of hydrogen-bond donors (Lipinski definition) is 6. The molecule has 4 unspecified atom stereocenters. The fourth-order valence-corrected chi connectivity index (χ4v) is 20.7. The van der Waals surface area contributed by atoms with Gasteiger partial charge in [-0.25, -0.2) is 17.6 Å². The predicted molar refractivity (Wildman–Crippen MR) is 587 cm³/mol. The van der Waals surface area contributed by atoms with Crippen molar-refractivity contribution in [2.45, 2.75) is 188 Å². The van der Waals surface area contributed by atoms with E-state index in [4.69, 9.17) is 22.0 Å². The number of likely N-dealkylation sites (tertiary alicyclic amines) is 2. The van der Waals surface area contributed by atoms with E-state index in [2.05, 4.69) is 302 Å². The number of benzene rings is 12. The first-order valence-electron chi connectivity index (χ1n) is 49.8. The van der Waals surface area contributed by atoms with Crippen molar-refractivity contribution < 1.29 is 86.0 Å². The van der Waals surface area contributed by atoms with Crippen molar-refractivity contribution in [3.05, 3.63) is 461 Å². The summed E-state index contributed by atoms with van der Waals surface area (Å²) in [6, 6.07) is 114. The minimum Gasteiger partial charge on any atom is -0.512 e. The number of ketones is 4. The van der Waals surface area contributed by atoms with E-state index in [-0.39, 0.29) is 114 Å². The smallest absolute Gasteiger partial charge is 0.512 e. The third-order valence-corrected chi connectivity index (χ3v) is 28.3. The molecule has 7 aliphatic rings. The first-order valence-corrected chi connectivity index (χ1v) is 52.6. The van der Waals surface area contributed by atoms with Crippen molar-refractivity contribution in [1.82, 2.24) is 30.7 Å². The maximum atomic E-state index is 13.4. The number of rotatable bonds is 21. The van der Waals surface area contributed by atoms with Crippen LogP contribution in [0.15, 0.2) is 365 Å². The summed E-state index contributed by atoms with van der Waals surface area (Å²) in [7, 11) is 2.72. The summed E-state index contributed by atoms with van der Waals surface area (Å²) in [5, 5.41) is 36.2. The third-order valence-electron chi connectivity index (χ3n) is 27.8. The number of allylic oxidation sites excluding steroid dienone is 3. The molecule has 4 aliphatic carbocycles. The molecule has 12 aromatic carbocycles. The van der Waals surface area contributed by atoms with Crippen LogP contribution in [0.1, 0.15) is 188 Å². The molecule has 6 N–H and O–H groups in total. The van der Waals surface area contributed by atoms with Crippen LogP contribution in [0.2, 0.25) is 6.82 Å². The predicted octanol–water partition coefficient (Wildman–Crippen LogP) is 20.0. The summed E-state index contributed by atoms with van der Waals surface area (Å²) < 4.78 is 51.4. The van der Waals surface area contributed by atoms with E-state index < -0.39 is 29.2 Å². The minimum atomic E-state index is -1.07. The van der Waals surface area contributed by atoms with E-state index in [0.717, 1.165) is 125 Å². The molecule has 146 heavy (non-hydrogen) atoms. The Morgan fingerprint density at radius 1 is 0.479 bits per heavy atom. The van der Waals surface area contributed by atoms with E-state index >= 15 is 0 Å². The zero-order valence-corrected chi connectivity index (χ0v) is 88.9. The number of carbonyl (C=O) groups excluding carboxylic acids is 5. The summed E-state index contributed by atoms with van der Waals surface area (Å²) in [4.78, 5) is 72.6. The largest absolute Gasteiger partial charge is 1.00 e. The zero-order valence-electron chi connectivity index (χ0n) is 84.9. The van der Waals surface area contributed by atoms with Crippen molar-refractivity contribution >= 4 is 76.2 Å². The van der Waals surface area contributed by atoms with Crippen LogP contribution >= 0.6 is 19.9 Å². The second-order valence-electron chi connectivity index (χ2n) is 37.8. The fraction of sp³-hybridized carbons (Fsp3) is 0.311. The van der Waals surface area contributed by atoms with Crippen molar-refractivity contribution in [2.75, 3.05) is 51.8 Å². The molecule has 0 spiro atoms. The van der Waals surface area contributed by atoms with E-state index in [9.17, 15) is 46.3 Å². The van der Waals surface area contributed by atoms with Gasteiger partial charge in [-0.1, -0.05) is 343 Å². The molecule has 3 saturated heterocycles. The van der Waals surface area contributed by atoms with Gasteiger partial charge in [0.2, 0.25) is 5.91 Å². The van der Waals surface area contributed by atoms with Crippen LogP contribution in [0.5, 0.6) is 0 Å². The van der Waals surface area contributed by atoms with Crippen molar-refractivity contribution in [3.8, 4) is 0 Å².